The van der Waals surface area contributed by atoms with E-state index in [1.165, 1.54) is 16.7 Å². The Kier molecular flexibility index (Phi) is 8.32. The second-order valence-electron chi connectivity index (χ2n) is 10.6. The molecule has 5 rings (SSSR count). The lowest BCUT2D eigenvalue weighted by Gasteiger charge is -2.35. The van der Waals surface area contributed by atoms with Crippen molar-refractivity contribution in [2.24, 2.45) is 11.8 Å². The zero-order valence-electron chi connectivity index (χ0n) is 22.2. The van der Waals surface area contributed by atoms with E-state index in [0.717, 1.165) is 61.0 Å². The zero-order valence-corrected chi connectivity index (χ0v) is 23.7. The molecule has 0 saturated carbocycles. The molecule has 0 bridgehead atoms. The lowest BCUT2D eigenvalue weighted by molar-refractivity contribution is -0.149. The van der Waals surface area contributed by atoms with Crippen LogP contribution in [0.2, 0.25) is 5.15 Å². The van der Waals surface area contributed by atoms with Crippen LogP contribution in [0.3, 0.4) is 0 Å². The number of aryl methyl sites for hydroxylation is 1. The molecule has 2 heterocycles. The van der Waals surface area contributed by atoms with E-state index in [1.807, 2.05) is 19.1 Å². The van der Waals surface area contributed by atoms with Crippen LogP contribution in [0.5, 0.6) is 5.75 Å². The molecule has 2 aliphatic rings. The van der Waals surface area contributed by atoms with Gasteiger partial charge in [0, 0.05) is 18.5 Å². The van der Waals surface area contributed by atoms with Gasteiger partial charge in [-0.15, -0.1) is 11.6 Å². The van der Waals surface area contributed by atoms with Gasteiger partial charge in [-0.3, -0.25) is 14.8 Å². The number of benzene rings is 2. The fraction of sp³-hybridized carbons (Fsp3) is 0.467. The van der Waals surface area contributed by atoms with E-state index < -0.39 is 0 Å². The van der Waals surface area contributed by atoms with Crippen LogP contribution < -0.4 is 4.74 Å². The Morgan fingerprint density at radius 1 is 1.16 bits per heavy atom. The third kappa shape index (κ3) is 5.73. The molecule has 6 nitrogen and oxygen atoms in total. The lowest BCUT2D eigenvalue weighted by Crippen LogP contribution is -2.41. The first-order chi connectivity index (χ1) is 18.3. The number of ether oxygens (including phenoxy) is 2. The van der Waals surface area contributed by atoms with Gasteiger partial charge in [-0.2, -0.15) is 5.10 Å². The van der Waals surface area contributed by atoms with Gasteiger partial charge in [-0.05, 0) is 85.1 Å². The van der Waals surface area contributed by atoms with Crippen molar-refractivity contribution in [1.82, 2.24) is 15.1 Å². The summed E-state index contributed by atoms with van der Waals surface area (Å²) in [4.78, 5) is 14.4. The highest BCUT2D eigenvalue weighted by molar-refractivity contribution is 6.34. The number of hydrogen-bond acceptors (Lipinski definition) is 5. The van der Waals surface area contributed by atoms with E-state index in [0.29, 0.717) is 11.8 Å². The number of likely N-dealkylation sites (tertiary alicyclic amines) is 1. The summed E-state index contributed by atoms with van der Waals surface area (Å²) in [6, 6.07) is 12.4. The van der Waals surface area contributed by atoms with Crippen LogP contribution in [0.25, 0.3) is 17.0 Å². The largest absolute Gasteiger partial charge is 0.485 e. The van der Waals surface area contributed by atoms with Crippen molar-refractivity contribution in [3.8, 4) is 5.75 Å². The summed E-state index contributed by atoms with van der Waals surface area (Å²) < 4.78 is 11.7. The van der Waals surface area contributed by atoms with Crippen molar-refractivity contribution in [3.05, 3.63) is 63.8 Å². The van der Waals surface area contributed by atoms with Gasteiger partial charge in [0.15, 0.2) is 0 Å². The molecular formula is C30H35Cl2N3O3. The normalized spacial score (nSPS) is 18.2. The summed E-state index contributed by atoms with van der Waals surface area (Å²) in [7, 11) is 0. The van der Waals surface area contributed by atoms with Gasteiger partial charge in [0.2, 0.25) is 0 Å². The van der Waals surface area contributed by atoms with Crippen LogP contribution in [0.1, 0.15) is 62.8 Å². The molecular weight excluding hydrogens is 521 g/mol. The molecule has 1 aromatic heterocycles. The SMILES string of the molecule is CCOC(=O)C1CCN(C(Cl)C2=Cc3ccc(OC(c4ccc5n[nH]c(Cl)c5c4)C(C)C)cc3CC2)CC1. The van der Waals surface area contributed by atoms with Gasteiger partial charge < -0.3 is 9.47 Å². The third-order valence-corrected chi connectivity index (χ3v) is 8.49. The Bertz CT molecular complexity index is 1330. The highest BCUT2D eigenvalue weighted by Gasteiger charge is 2.31. The molecule has 0 spiro atoms. The van der Waals surface area contributed by atoms with Gasteiger partial charge in [0.1, 0.15) is 22.5 Å². The molecule has 1 aliphatic heterocycles. The summed E-state index contributed by atoms with van der Waals surface area (Å²) in [6.07, 6.45) is 5.54. The molecule has 38 heavy (non-hydrogen) atoms. The molecule has 1 aliphatic carbocycles. The summed E-state index contributed by atoms with van der Waals surface area (Å²) in [6.45, 7) is 8.22. The van der Waals surface area contributed by atoms with E-state index in [9.17, 15) is 4.79 Å². The summed E-state index contributed by atoms with van der Waals surface area (Å²) in [5.41, 5.74) is 5.46. The van der Waals surface area contributed by atoms with Gasteiger partial charge >= 0.3 is 5.97 Å². The number of carbonyl (C=O) groups is 1. The first-order valence-electron chi connectivity index (χ1n) is 13.5. The van der Waals surface area contributed by atoms with Crippen LogP contribution in [0.4, 0.5) is 0 Å². The highest BCUT2D eigenvalue weighted by Crippen LogP contribution is 2.36. The monoisotopic (exact) mass is 555 g/mol. The maximum Gasteiger partial charge on any atom is 0.309 e. The van der Waals surface area contributed by atoms with Gasteiger partial charge in [0.05, 0.1) is 18.0 Å². The second-order valence-corrected chi connectivity index (χ2v) is 11.4. The average Bonchev–Trinajstić information content (AvgIpc) is 3.30. The van der Waals surface area contributed by atoms with Gasteiger partial charge in [-0.1, -0.05) is 43.7 Å². The second kappa shape index (κ2) is 11.7. The molecule has 2 unspecified atom stereocenters. The fourth-order valence-electron chi connectivity index (χ4n) is 5.52. The van der Waals surface area contributed by atoms with Crippen molar-refractivity contribution in [3.63, 3.8) is 0 Å². The quantitative estimate of drug-likeness (QED) is 0.181. The van der Waals surface area contributed by atoms with E-state index in [-0.39, 0.29) is 29.4 Å². The van der Waals surface area contributed by atoms with Crippen LogP contribution in [0, 0.1) is 11.8 Å². The number of nitrogens with zero attached hydrogens (tertiary/aromatic N) is 2. The number of rotatable bonds is 8. The number of fused-ring (bicyclic) bond motifs is 2. The van der Waals surface area contributed by atoms with Crippen molar-refractivity contribution in [2.45, 2.75) is 58.1 Å². The fourth-order valence-corrected chi connectivity index (χ4v) is 6.08. The number of H-pyrrole nitrogens is 1. The summed E-state index contributed by atoms with van der Waals surface area (Å²) in [5, 5.41) is 8.51. The molecule has 3 aromatic rings. The molecule has 1 N–H and O–H groups in total. The zero-order chi connectivity index (χ0) is 26.8. The predicted octanol–water partition coefficient (Wildman–Crippen LogP) is 7.16. The van der Waals surface area contributed by atoms with E-state index in [1.54, 1.807) is 0 Å². The smallest absolute Gasteiger partial charge is 0.309 e. The van der Waals surface area contributed by atoms with Crippen molar-refractivity contribution in [1.29, 1.82) is 0 Å². The number of hydrogen-bond donors (Lipinski definition) is 1. The number of alkyl halides is 1. The number of carbonyl (C=O) groups excluding carboxylic acids is 1. The Morgan fingerprint density at radius 3 is 2.68 bits per heavy atom. The topological polar surface area (TPSA) is 67.4 Å². The van der Waals surface area contributed by atoms with E-state index >= 15 is 0 Å². The molecule has 0 radical (unpaired) electrons. The molecule has 0 amide bonds. The Balaban J connectivity index is 1.27. The summed E-state index contributed by atoms with van der Waals surface area (Å²) >= 11 is 13.2. The number of aromatic amines is 1. The predicted molar refractivity (Wildman–Crippen MR) is 153 cm³/mol. The third-order valence-electron chi connectivity index (χ3n) is 7.64. The number of esters is 1. The molecule has 1 saturated heterocycles. The Morgan fingerprint density at radius 2 is 1.95 bits per heavy atom. The highest BCUT2D eigenvalue weighted by atomic mass is 35.5. The Hall–Kier alpha value is -2.54. The number of aromatic nitrogens is 2. The van der Waals surface area contributed by atoms with E-state index in [2.05, 4.69) is 59.3 Å². The molecule has 2 atom stereocenters. The lowest BCUT2D eigenvalue weighted by atomic mass is 9.90. The number of piperidine rings is 1. The average molecular weight is 557 g/mol. The van der Waals surface area contributed by atoms with Gasteiger partial charge in [0.25, 0.3) is 0 Å². The molecule has 8 heteroatoms. The minimum atomic E-state index is -0.155. The maximum absolute atomic E-state index is 12.1. The van der Waals surface area contributed by atoms with Gasteiger partial charge in [-0.25, -0.2) is 0 Å². The van der Waals surface area contributed by atoms with Crippen molar-refractivity contribution < 1.29 is 14.3 Å². The minimum absolute atomic E-state index is 0.0113. The first kappa shape index (κ1) is 27.0. The molecule has 2 aromatic carbocycles. The Labute approximate surface area is 234 Å². The number of nitrogens with one attached hydrogen (secondary N) is 1. The van der Waals surface area contributed by atoms with Crippen molar-refractivity contribution >= 4 is 46.2 Å². The van der Waals surface area contributed by atoms with Crippen LogP contribution >= 0.6 is 23.2 Å². The molecule has 202 valence electrons. The number of halogens is 2. The first-order valence-corrected chi connectivity index (χ1v) is 14.3. The van der Waals surface area contributed by atoms with E-state index in [4.69, 9.17) is 32.7 Å². The van der Waals surface area contributed by atoms with Crippen LogP contribution in [0.15, 0.2) is 42.0 Å². The maximum atomic E-state index is 12.1. The van der Waals surface area contributed by atoms with Crippen LogP contribution in [-0.2, 0) is 16.0 Å². The molecule has 1 fully saturated rings. The summed E-state index contributed by atoms with van der Waals surface area (Å²) in [5.74, 6) is 1.04. The van der Waals surface area contributed by atoms with Crippen LogP contribution in [-0.4, -0.2) is 46.3 Å². The minimum Gasteiger partial charge on any atom is -0.485 e. The standard InChI is InChI=1S/C30H35Cl2N3O3/c1-4-37-30(36)19-11-13-35(14-12-19)29(32)23-6-5-21-16-24(9-7-20(21)15-23)38-27(18(2)3)22-8-10-26-25(17-22)28(31)34-33-26/h7-10,15-19,27,29H,4-6,11-14H2,1-3H3,(H,33,34). The van der Waals surface area contributed by atoms with Crippen molar-refractivity contribution in [2.75, 3.05) is 19.7 Å².